The highest BCUT2D eigenvalue weighted by Gasteiger charge is 2.84. The molecule has 1 fully saturated rings. The summed E-state index contributed by atoms with van der Waals surface area (Å²) in [4.78, 5) is 78.1. The minimum Gasteiger partial charge on any atom is -0.422 e. The third-order valence-electron chi connectivity index (χ3n) is 18.5. The largest absolute Gasteiger partial charge is 0.422 e. The zero-order valence-electron chi connectivity index (χ0n) is 47.6. The Hall–Kier alpha value is -6.51. The number of thioether (sulfide) groups is 2. The first-order chi connectivity index (χ1) is 41.5. The number of ether oxygens (including phenoxy) is 1. The average Bonchev–Trinajstić information content (AvgIpc) is 1.52. The number of unbranched alkanes of at least 4 members (excludes halogenated alkanes) is 6. The molecule has 0 radical (unpaired) electrons. The van der Waals surface area contributed by atoms with Gasteiger partial charge in [0.15, 0.2) is 0 Å². The van der Waals surface area contributed by atoms with Crippen LogP contribution in [-0.2, 0) is 0 Å². The van der Waals surface area contributed by atoms with E-state index in [9.17, 15) is 24.0 Å². The summed E-state index contributed by atoms with van der Waals surface area (Å²) in [6.07, 6.45) is 12.5. The molecule has 2 aliphatic carbocycles. The van der Waals surface area contributed by atoms with E-state index in [1.807, 2.05) is 49.4 Å². The topological polar surface area (TPSA) is 101 Å². The molecule has 2 aromatic heterocycles. The normalized spacial score (nSPS) is 21.6. The van der Waals surface area contributed by atoms with Crippen LogP contribution >= 0.6 is 62.1 Å². The van der Waals surface area contributed by atoms with Crippen molar-refractivity contribution in [2.45, 2.75) is 132 Å². The van der Waals surface area contributed by atoms with Crippen molar-refractivity contribution in [1.29, 1.82) is 0 Å². The maximum Gasteiger partial charge on any atom is 0.380 e. The highest BCUT2D eigenvalue weighted by Crippen LogP contribution is 2.75. The average molecular weight is 1320 g/mol. The standard InChI is InChI=1S/C68H53BrF6N2O6S4/c1-6-8-10-12-14-34(15-13-11-9-7-2)76-59(78)41-25-21-37-39-23-27-43-55-44(28-24-40(53(39)55)38-22-26-42(60(76)79)54(41)52(37)38)62(81)77(61(43)80)35-17-19-36(20-18-35)83-63(82)58-47(69)32-49(85-58)51-31-46-57-56(66(70,71)68(74,75)67(57,72)73)45-30-50(48-29-16-33(3)84-48)86-64(45,4)65(46,5)87-51/h16-32,34H,6-15H2,1-5H3. The summed E-state index contributed by atoms with van der Waals surface area (Å²) in [5.41, 5.74) is -1.61. The van der Waals surface area contributed by atoms with Gasteiger partial charge in [-0.1, -0.05) is 89.5 Å². The van der Waals surface area contributed by atoms with Crippen LogP contribution in [0.2, 0.25) is 0 Å². The van der Waals surface area contributed by atoms with Crippen LogP contribution in [0.1, 0.15) is 158 Å². The van der Waals surface area contributed by atoms with Crippen molar-refractivity contribution >= 4 is 150 Å². The number of esters is 1. The van der Waals surface area contributed by atoms with E-state index in [-0.39, 0.29) is 60.9 Å². The van der Waals surface area contributed by atoms with E-state index in [2.05, 4.69) is 29.8 Å². The fourth-order valence-corrected chi connectivity index (χ4v) is 19.9. The van der Waals surface area contributed by atoms with Gasteiger partial charge in [-0.25, -0.2) is 9.69 Å². The second-order valence-corrected chi connectivity index (χ2v) is 29.7. The minimum atomic E-state index is -5.71. The Kier molecular flexibility index (Phi) is 13.7. The molecule has 8 aromatic rings. The van der Waals surface area contributed by atoms with E-state index >= 15 is 26.3 Å². The first-order valence-corrected chi connectivity index (χ1v) is 33.2. The molecule has 1 saturated carbocycles. The monoisotopic (exact) mass is 1310 g/mol. The molecule has 0 spiro atoms. The molecular weight excluding hydrogens is 1260 g/mol. The van der Waals surface area contributed by atoms with Gasteiger partial charge in [0.05, 0.1) is 15.2 Å². The molecule has 4 aliphatic heterocycles. The number of alkyl halides is 6. The van der Waals surface area contributed by atoms with Gasteiger partial charge in [-0.05, 0) is 172 Å². The predicted molar refractivity (Wildman–Crippen MR) is 340 cm³/mol. The van der Waals surface area contributed by atoms with Gasteiger partial charge in [0.25, 0.3) is 23.6 Å². The van der Waals surface area contributed by atoms with E-state index in [4.69, 9.17) is 4.74 Å². The molecule has 2 unspecified atom stereocenters. The van der Waals surface area contributed by atoms with Crippen LogP contribution in [0.3, 0.4) is 0 Å². The Morgan fingerprint density at radius 1 is 0.563 bits per heavy atom. The Morgan fingerprint density at radius 3 is 1.47 bits per heavy atom. The number of benzene rings is 6. The second kappa shape index (κ2) is 20.5. The van der Waals surface area contributed by atoms with Crippen molar-refractivity contribution in [2.24, 2.45) is 0 Å². The van der Waals surface area contributed by atoms with Crippen LogP contribution in [0.25, 0.3) is 52.9 Å². The van der Waals surface area contributed by atoms with Crippen LogP contribution < -0.4 is 9.64 Å². The molecule has 6 aromatic carbocycles. The van der Waals surface area contributed by atoms with Gasteiger partial charge in [0.1, 0.15) is 10.6 Å². The lowest BCUT2D eigenvalue weighted by atomic mass is 9.71. The molecule has 0 N–H and O–H groups in total. The number of carbonyl (C=O) groups excluding carboxylic acids is 5. The highest BCUT2D eigenvalue weighted by atomic mass is 79.9. The van der Waals surface area contributed by atoms with Gasteiger partial charge in [-0.3, -0.25) is 24.1 Å². The fraction of sp³-hybridized carbons (Fsp3) is 0.309. The molecule has 8 nitrogen and oxygen atoms in total. The lowest BCUT2D eigenvalue weighted by Gasteiger charge is -2.47. The number of carbonyl (C=O) groups is 5. The number of halogens is 7. The van der Waals surface area contributed by atoms with Crippen molar-refractivity contribution in [3.8, 4) is 5.75 Å². The number of thiophene rings is 2. The zero-order valence-corrected chi connectivity index (χ0v) is 52.4. The molecule has 4 amide bonds. The minimum absolute atomic E-state index is 0.0489. The van der Waals surface area contributed by atoms with Crippen LogP contribution in [-0.4, -0.2) is 67.8 Å². The summed E-state index contributed by atoms with van der Waals surface area (Å²) in [6.45, 7) is 9.42. The summed E-state index contributed by atoms with van der Waals surface area (Å²) in [7, 11) is 0. The fourth-order valence-electron chi connectivity index (χ4n) is 14.0. The maximum absolute atomic E-state index is 16.1. The van der Waals surface area contributed by atoms with E-state index < -0.39 is 56.2 Å². The highest BCUT2D eigenvalue weighted by molar-refractivity contribution is 9.10. The van der Waals surface area contributed by atoms with Crippen molar-refractivity contribution < 1.29 is 55.1 Å². The Labute approximate surface area is 521 Å². The van der Waals surface area contributed by atoms with Gasteiger partial charge < -0.3 is 4.74 Å². The van der Waals surface area contributed by atoms with Crippen LogP contribution in [0.5, 0.6) is 5.75 Å². The third kappa shape index (κ3) is 8.18. The SMILES string of the molecule is CCCCCCC(CCCCCC)N1C(=O)c2ccc3c4ccc5c6c(ccc(c7ccc(c2c37)C1=O)c64)C(=O)N(c1ccc(OC(=O)c2sc(C3=CC4=C6C(=C7C=C(c8ccc(C)s8)SC7(C)C4(C)S3)C(F)(F)C(F)(F)C6(F)F)cc2Br)cc1)C5=O. The summed E-state index contributed by atoms with van der Waals surface area (Å²) in [5, 5.41) is 5.67. The summed E-state index contributed by atoms with van der Waals surface area (Å²) in [6, 6.07) is 25.3. The number of amides is 4. The number of rotatable bonds is 16. The number of hydrogen-bond acceptors (Lipinski definition) is 10. The van der Waals surface area contributed by atoms with E-state index in [1.165, 1.54) is 64.4 Å². The van der Waals surface area contributed by atoms with Crippen molar-refractivity contribution in [3.63, 3.8) is 0 Å². The Morgan fingerprint density at radius 2 is 1.02 bits per heavy atom. The summed E-state index contributed by atoms with van der Waals surface area (Å²) >= 11 is 8.02. The molecule has 2 atom stereocenters. The molecule has 444 valence electrons. The zero-order chi connectivity index (χ0) is 61.2. The molecule has 0 saturated heterocycles. The van der Waals surface area contributed by atoms with Crippen molar-refractivity contribution in [2.75, 3.05) is 4.90 Å². The number of hydrogen-bond donors (Lipinski definition) is 0. The molecule has 6 aliphatic rings. The number of nitrogens with zero attached hydrogens (tertiary/aromatic N) is 2. The third-order valence-corrected chi connectivity index (χ3v) is 25.2. The van der Waals surface area contributed by atoms with Gasteiger partial charge in [-0.15, -0.1) is 46.2 Å². The van der Waals surface area contributed by atoms with Crippen molar-refractivity contribution in [3.05, 3.63) is 172 Å². The van der Waals surface area contributed by atoms with Crippen molar-refractivity contribution in [1.82, 2.24) is 4.90 Å². The Balaban J connectivity index is 0.733. The van der Waals surface area contributed by atoms with E-state index in [0.717, 1.165) is 124 Å². The first-order valence-electron chi connectivity index (χ1n) is 29.1. The van der Waals surface area contributed by atoms with Gasteiger partial charge in [0.2, 0.25) is 0 Å². The predicted octanol–water partition coefficient (Wildman–Crippen LogP) is 19.8. The number of anilines is 1. The lowest BCUT2D eigenvalue weighted by Crippen LogP contribution is -2.48. The first kappa shape index (κ1) is 58.2. The van der Waals surface area contributed by atoms with Crippen LogP contribution in [0.4, 0.5) is 32.0 Å². The molecule has 14 rings (SSSR count). The number of allylic oxidation sites excluding steroid dienone is 4. The number of imide groups is 2. The smallest absolute Gasteiger partial charge is 0.380 e. The van der Waals surface area contributed by atoms with E-state index in [1.54, 1.807) is 38.1 Å². The molecule has 0 bridgehead atoms. The molecular formula is C68H53BrF6N2O6S4. The molecule has 19 heteroatoms. The number of fused-ring (bicyclic) bond motifs is 6. The summed E-state index contributed by atoms with van der Waals surface area (Å²) in [5.74, 6) is -18.6. The van der Waals surface area contributed by atoms with Crippen LogP contribution in [0, 0.1) is 6.92 Å². The van der Waals surface area contributed by atoms with Crippen LogP contribution in [0.15, 0.2) is 130 Å². The second-order valence-electron chi connectivity index (χ2n) is 23.6. The quantitative estimate of drug-likeness (QED) is 0.0179. The summed E-state index contributed by atoms with van der Waals surface area (Å²) < 4.78 is 98.4. The van der Waals surface area contributed by atoms with Gasteiger partial charge >= 0.3 is 23.7 Å². The Bertz CT molecular complexity index is 4410. The van der Waals surface area contributed by atoms with Gasteiger partial charge in [-0.2, -0.15) is 26.3 Å². The maximum atomic E-state index is 16.1. The van der Waals surface area contributed by atoms with E-state index in [0.29, 0.717) is 46.9 Å². The molecule has 6 heterocycles. The van der Waals surface area contributed by atoms with Gasteiger partial charge in [0, 0.05) is 79.1 Å². The molecule has 87 heavy (non-hydrogen) atoms. The number of aryl methyl sites for hydroxylation is 1. The lowest BCUT2D eigenvalue weighted by molar-refractivity contribution is -0.258.